The van der Waals surface area contributed by atoms with Crippen LogP contribution in [0, 0.1) is 10.8 Å². The summed E-state index contributed by atoms with van der Waals surface area (Å²) < 4.78 is 5.74. The van der Waals surface area contributed by atoms with Gasteiger partial charge in [-0.05, 0) is 83.9 Å². The number of hydrogen-bond donors (Lipinski definition) is 2. The highest BCUT2D eigenvalue weighted by Crippen LogP contribution is 2.45. The van der Waals surface area contributed by atoms with Gasteiger partial charge in [-0.3, -0.25) is 14.4 Å². The summed E-state index contributed by atoms with van der Waals surface area (Å²) in [6, 6.07) is 0. The third-order valence-electron chi connectivity index (χ3n) is 10.5. The van der Waals surface area contributed by atoms with E-state index in [1.54, 1.807) is 19.1 Å². The summed E-state index contributed by atoms with van der Waals surface area (Å²) in [6.45, 7) is 21.2. The van der Waals surface area contributed by atoms with Crippen molar-refractivity contribution in [2.45, 2.75) is 184 Å². The fourth-order valence-corrected chi connectivity index (χ4v) is 7.33. The van der Waals surface area contributed by atoms with E-state index in [0.29, 0.717) is 19.3 Å². The van der Waals surface area contributed by atoms with Crippen molar-refractivity contribution in [3.8, 4) is 0 Å². The number of ketones is 2. The fourth-order valence-electron chi connectivity index (χ4n) is 7.33. The van der Waals surface area contributed by atoms with Crippen LogP contribution in [0.2, 0.25) is 0 Å². The lowest BCUT2D eigenvalue weighted by Crippen LogP contribution is -2.45. The molecule has 1 aliphatic rings. The number of carbonyl (C=O) groups excluding carboxylic acids is 3. The summed E-state index contributed by atoms with van der Waals surface area (Å²) in [7, 11) is 0. The van der Waals surface area contributed by atoms with Crippen molar-refractivity contribution in [1.82, 2.24) is 0 Å². The lowest BCUT2D eigenvalue weighted by molar-refractivity contribution is -0.152. The number of hydrogen-bond acceptors (Lipinski definition) is 6. The number of carbonyl (C=O) groups is 3. The van der Waals surface area contributed by atoms with Crippen molar-refractivity contribution in [1.29, 1.82) is 0 Å². The van der Waals surface area contributed by atoms with Crippen molar-refractivity contribution in [3.05, 3.63) is 113 Å². The molecule has 0 bridgehead atoms. The molecule has 1 aliphatic carbocycles. The monoisotopic (exact) mass is 799 g/mol. The smallest absolute Gasteiger partial charge is 0.306 e. The highest BCUT2D eigenvalue weighted by molar-refractivity contribution is 5.94. The zero-order chi connectivity index (χ0) is 43.8. The van der Waals surface area contributed by atoms with Gasteiger partial charge in [0.15, 0.2) is 5.78 Å². The number of aliphatic hydroxyl groups excluding tert-OH is 1. The summed E-state index contributed by atoms with van der Waals surface area (Å²) >= 11 is 0. The number of Topliss-reactive ketones (excluding diaryl/α,β-unsaturated/α-hetero) is 1. The van der Waals surface area contributed by atoms with Gasteiger partial charge in [0.2, 0.25) is 0 Å². The first-order chi connectivity index (χ1) is 27.2. The van der Waals surface area contributed by atoms with Crippen molar-refractivity contribution in [2.75, 3.05) is 0 Å². The summed E-state index contributed by atoms with van der Waals surface area (Å²) in [6.07, 6.45) is 36.3. The van der Waals surface area contributed by atoms with Crippen LogP contribution >= 0.6 is 0 Å². The molecule has 1 fully saturated rings. The van der Waals surface area contributed by atoms with E-state index in [0.717, 1.165) is 47.1 Å². The first-order valence-corrected chi connectivity index (χ1v) is 21.7. The molecule has 0 unspecified atom stereocenters. The Hall–Kier alpha value is -3.83. The Morgan fingerprint density at radius 3 is 1.78 bits per heavy atom. The summed E-state index contributed by atoms with van der Waals surface area (Å²) in [4.78, 5) is 37.8. The number of allylic oxidation sites excluding steroid dienone is 16. The molecule has 2 N–H and O–H groups in total. The predicted molar refractivity (Wildman–Crippen MR) is 243 cm³/mol. The number of esters is 1. The van der Waals surface area contributed by atoms with Crippen molar-refractivity contribution in [2.24, 2.45) is 10.8 Å². The van der Waals surface area contributed by atoms with Crippen LogP contribution in [0.4, 0.5) is 0 Å². The number of rotatable bonds is 25. The third-order valence-corrected chi connectivity index (χ3v) is 10.5. The maximum absolute atomic E-state index is 13.2. The maximum atomic E-state index is 13.2. The Kier molecular flexibility index (Phi) is 24.3. The standard InChI is InChI=1S/C52H78O6/c1-12-13-14-15-16-17-18-19-20-31-49(56)58-46(36-44(6)53)39-51(9,10)48(55)35-33-43(5)30-24-28-41(3)26-22-21-25-40(2)27-23-29-42(4)32-34-47-50(7,8)37-45(54)38-52(47,11)57/h21-30,32-33,35,45-46,54,57H,12-20,31,36-39H2,1-11H3/b22-21+,27-23+,28-24+,35-33+,40-25+,41-26+,42-29+,43-30+/t34?,45-,46+,52+/m0/s1. The van der Waals surface area contributed by atoms with E-state index in [9.17, 15) is 24.6 Å². The Labute approximate surface area is 353 Å². The quantitative estimate of drug-likeness (QED) is 0.0314. The molecule has 58 heavy (non-hydrogen) atoms. The number of unbranched alkanes of at least 4 members (excludes halogenated alkanes) is 8. The molecular weight excluding hydrogens is 721 g/mol. The van der Waals surface area contributed by atoms with Gasteiger partial charge >= 0.3 is 5.97 Å². The molecule has 6 heteroatoms. The summed E-state index contributed by atoms with van der Waals surface area (Å²) in [5.41, 5.74) is 6.04. The van der Waals surface area contributed by atoms with Crippen LogP contribution < -0.4 is 0 Å². The van der Waals surface area contributed by atoms with E-state index in [1.807, 2.05) is 122 Å². The molecule has 0 saturated heterocycles. The predicted octanol–water partition coefficient (Wildman–Crippen LogP) is 12.8. The van der Waals surface area contributed by atoms with Gasteiger partial charge in [-0.15, -0.1) is 5.73 Å². The molecule has 1 rings (SSSR count). The average molecular weight is 799 g/mol. The summed E-state index contributed by atoms with van der Waals surface area (Å²) in [5.74, 6) is -0.435. The van der Waals surface area contributed by atoms with E-state index >= 15 is 0 Å². The topological polar surface area (TPSA) is 101 Å². The SMILES string of the molecule is CCCCCCCCCCCC(=O)O[C@H](CC(C)=O)CC(C)(C)C(=O)/C=C/C(C)=C/C=C/C(C)=C/C=C/C=C(C)/C=C/C=C(\C)C=C=C1C(C)(C)C[C@H](O)C[C@@]1(C)O. The minimum Gasteiger partial charge on any atom is -0.462 e. The molecular formula is C52H78O6. The second-order valence-corrected chi connectivity index (χ2v) is 18.0. The Bertz CT molecular complexity index is 1620. The molecule has 6 nitrogen and oxygen atoms in total. The molecule has 322 valence electrons. The van der Waals surface area contributed by atoms with Gasteiger partial charge in [-0.1, -0.05) is 170 Å². The average Bonchev–Trinajstić information content (AvgIpc) is 3.10. The van der Waals surface area contributed by atoms with E-state index in [1.165, 1.54) is 45.4 Å². The highest BCUT2D eigenvalue weighted by Gasteiger charge is 2.44. The van der Waals surface area contributed by atoms with Gasteiger partial charge in [0.05, 0.1) is 11.7 Å². The van der Waals surface area contributed by atoms with E-state index < -0.39 is 23.2 Å². The zero-order valence-electron chi connectivity index (χ0n) is 38.1. The first-order valence-electron chi connectivity index (χ1n) is 21.7. The van der Waals surface area contributed by atoms with Crippen LogP contribution in [0.5, 0.6) is 0 Å². The lowest BCUT2D eigenvalue weighted by Gasteiger charge is -2.43. The van der Waals surface area contributed by atoms with Crippen molar-refractivity contribution < 1.29 is 29.3 Å². The Balaban J connectivity index is 2.68. The van der Waals surface area contributed by atoms with Crippen LogP contribution in [0.15, 0.2) is 113 Å². The van der Waals surface area contributed by atoms with Gasteiger partial charge in [0.25, 0.3) is 0 Å². The van der Waals surface area contributed by atoms with E-state index in [4.69, 9.17) is 4.74 Å². The second kappa shape index (κ2) is 27.0. The third kappa shape index (κ3) is 22.9. The van der Waals surface area contributed by atoms with Gasteiger partial charge in [0, 0.05) is 30.3 Å². The molecule has 0 aromatic carbocycles. The molecule has 0 aromatic heterocycles. The Morgan fingerprint density at radius 1 is 0.741 bits per heavy atom. The van der Waals surface area contributed by atoms with Gasteiger partial charge in [-0.2, -0.15) is 0 Å². The second-order valence-electron chi connectivity index (χ2n) is 18.0. The van der Waals surface area contributed by atoms with Crippen molar-refractivity contribution in [3.63, 3.8) is 0 Å². The van der Waals surface area contributed by atoms with Crippen molar-refractivity contribution >= 4 is 17.5 Å². The highest BCUT2D eigenvalue weighted by atomic mass is 16.5. The lowest BCUT2D eigenvalue weighted by atomic mass is 9.65. The molecule has 0 heterocycles. The van der Waals surface area contributed by atoms with Crippen LogP contribution in [-0.4, -0.2) is 45.6 Å². The largest absolute Gasteiger partial charge is 0.462 e. The van der Waals surface area contributed by atoms with Crippen LogP contribution in [0.1, 0.15) is 166 Å². The molecule has 0 radical (unpaired) electrons. The molecule has 0 amide bonds. The number of ether oxygens (including phenoxy) is 1. The van der Waals surface area contributed by atoms with Gasteiger partial charge in [-0.25, -0.2) is 0 Å². The molecule has 0 spiro atoms. The fraction of sp³-hybridized carbons (Fsp3) is 0.577. The zero-order valence-corrected chi connectivity index (χ0v) is 38.1. The molecule has 3 atom stereocenters. The molecule has 1 saturated carbocycles. The van der Waals surface area contributed by atoms with Crippen LogP contribution in [-0.2, 0) is 19.1 Å². The van der Waals surface area contributed by atoms with E-state index in [-0.39, 0.29) is 35.8 Å². The van der Waals surface area contributed by atoms with Gasteiger partial charge in [0.1, 0.15) is 11.9 Å². The van der Waals surface area contributed by atoms with Crippen LogP contribution in [0.25, 0.3) is 0 Å². The van der Waals surface area contributed by atoms with Gasteiger partial charge < -0.3 is 14.9 Å². The molecule has 0 aromatic rings. The minimum atomic E-state index is -1.08. The Morgan fingerprint density at radius 2 is 1.24 bits per heavy atom. The summed E-state index contributed by atoms with van der Waals surface area (Å²) in [5, 5.41) is 21.1. The first kappa shape index (κ1) is 52.2. The molecule has 0 aliphatic heterocycles. The number of aliphatic hydroxyl groups is 2. The van der Waals surface area contributed by atoms with E-state index in [2.05, 4.69) is 12.7 Å². The van der Waals surface area contributed by atoms with Crippen LogP contribution in [0.3, 0.4) is 0 Å². The normalized spacial score (nSPS) is 20.4. The minimum absolute atomic E-state index is 0.0637. The maximum Gasteiger partial charge on any atom is 0.306 e.